The average molecular weight is 347 g/mol. The topological polar surface area (TPSA) is 96.4 Å². The molecule has 0 aliphatic heterocycles. The number of sulfonamides is 1. The molecule has 6 nitrogen and oxygen atoms in total. The highest BCUT2D eigenvalue weighted by molar-refractivity contribution is 7.93. The molecule has 0 aliphatic rings. The largest absolute Gasteiger partial charge is 0.478 e. The molecule has 0 unspecified atom stereocenters. The van der Waals surface area contributed by atoms with Gasteiger partial charge in [-0.1, -0.05) is 11.6 Å². The standard InChI is InChI=1S/C12H11ClN2O4S2/c1-6-7(2)20-12(14-6)15-21(18,19)8-3-4-10(13)9(5-8)11(16)17/h3-5H,1-2H3,(H,14,15)(H,16,17). The Morgan fingerprint density at radius 3 is 2.57 bits per heavy atom. The highest BCUT2D eigenvalue weighted by Crippen LogP contribution is 2.26. The van der Waals surface area contributed by atoms with Gasteiger partial charge in [-0.25, -0.2) is 18.2 Å². The van der Waals surface area contributed by atoms with Crippen LogP contribution in [0.5, 0.6) is 0 Å². The summed E-state index contributed by atoms with van der Waals surface area (Å²) in [7, 11) is -3.91. The number of aromatic carboxylic acids is 1. The van der Waals surface area contributed by atoms with Crippen LogP contribution in [-0.4, -0.2) is 24.5 Å². The van der Waals surface area contributed by atoms with E-state index in [1.807, 2.05) is 6.92 Å². The smallest absolute Gasteiger partial charge is 0.337 e. The Bertz CT molecular complexity index is 795. The first-order chi connectivity index (χ1) is 9.70. The van der Waals surface area contributed by atoms with Gasteiger partial charge in [-0.2, -0.15) is 0 Å². The van der Waals surface area contributed by atoms with E-state index in [1.165, 1.54) is 23.5 Å². The molecule has 0 amide bonds. The number of rotatable bonds is 4. The molecule has 2 N–H and O–H groups in total. The van der Waals surface area contributed by atoms with Crippen LogP contribution >= 0.6 is 22.9 Å². The van der Waals surface area contributed by atoms with Crippen molar-refractivity contribution >= 4 is 44.1 Å². The predicted octanol–water partition coefficient (Wildman–Crippen LogP) is 2.91. The molecule has 1 aromatic heterocycles. The maximum atomic E-state index is 12.2. The molecule has 112 valence electrons. The third kappa shape index (κ3) is 3.34. The van der Waals surface area contributed by atoms with Crippen LogP contribution < -0.4 is 4.72 Å². The SMILES string of the molecule is Cc1nc(NS(=O)(=O)c2ccc(Cl)c(C(=O)O)c2)sc1C. The number of aryl methyl sites for hydroxylation is 2. The number of hydrogen-bond acceptors (Lipinski definition) is 5. The Morgan fingerprint density at radius 1 is 1.38 bits per heavy atom. The Hall–Kier alpha value is -1.64. The summed E-state index contributed by atoms with van der Waals surface area (Å²) in [6.45, 7) is 3.60. The van der Waals surface area contributed by atoms with Gasteiger partial charge in [0.25, 0.3) is 10.0 Å². The van der Waals surface area contributed by atoms with Crippen molar-refractivity contribution in [1.82, 2.24) is 4.98 Å². The Morgan fingerprint density at radius 2 is 2.05 bits per heavy atom. The van der Waals surface area contributed by atoms with E-state index >= 15 is 0 Å². The van der Waals surface area contributed by atoms with Crippen LogP contribution in [0.2, 0.25) is 5.02 Å². The molecule has 1 heterocycles. The van der Waals surface area contributed by atoms with Gasteiger partial charge in [0.05, 0.1) is 21.2 Å². The van der Waals surface area contributed by atoms with Gasteiger partial charge in [-0.05, 0) is 32.0 Å². The van der Waals surface area contributed by atoms with E-state index in [4.69, 9.17) is 16.7 Å². The van der Waals surface area contributed by atoms with Crippen molar-refractivity contribution in [2.75, 3.05) is 4.72 Å². The molecule has 0 radical (unpaired) electrons. The fraction of sp³-hybridized carbons (Fsp3) is 0.167. The highest BCUT2D eigenvalue weighted by atomic mass is 35.5. The van der Waals surface area contributed by atoms with Crippen LogP contribution in [0, 0.1) is 13.8 Å². The fourth-order valence-electron chi connectivity index (χ4n) is 1.53. The maximum absolute atomic E-state index is 12.2. The average Bonchev–Trinajstić information content (AvgIpc) is 2.67. The molecule has 1 aromatic carbocycles. The van der Waals surface area contributed by atoms with Crippen molar-refractivity contribution in [1.29, 1.82) is 0 Å². The maximum Gasteiger partial charge on any atom is 0.337 e. The van der Waals surface area contributed by atoms with Crippen molar-refractivity contribution in [3.05, 3.63) is 39.4 Å². The molecule has 0 spiro atoms. The van der Waals surface area contributed by atoms with Gasteiger partial charge in [0.1, 0.15) is 0 Å². The number of carboxylic acid groups (broad SMARTS) is 1. The summed E-state index contributed by atoms with van der Waals surface area (Å²) in [6, 6.07) is 3.49. The van der Waals surface area contributed by atoms with Crippen LogP contribution in [0.25, 0.3) is 0 Å². The normalized spacial score (nSPS) is 11.4. The second-order valence-electron chi connectivity index (χ2n) is 4.21. The number of nitrogens with zero attached hydrogens (tertiary/aromatic N) is 1. The Balaban J connectivity index is 2.40. The zero-order chi connectivity index (χ0) is 15.8. The van der Waals surface area contributed by atoms with Crippen molar-refractivity contribution < 1.29 is 18.3 Å². The first-order valence-electron chi connectivity index (χ1n) is 5.70. The quantitative estimate of drug-likeness (QED) is 0.887. The summed E-state index contributed by atoms with van der Waals surface area (Å²) < 4.78 is 26.8. The monoisotopic (exact) mass is 346 g/mol. The van der Waals surface area contributed by atoms with Crippen LogP contribution in [0.15, 0.2) is 23.1 Å². The van der Waals surface area contributed by atoms with E-state index in [0.717, 1.165) is 16.6 Å². The molecular weight excluding hydrogens is 336 g/mol. The number of carbonyl (C=O) groups is 1. The van der Waals surface area contributed by atoms with E-state index in [2.05, 4.69) is 9.71 Å². The summed E-state index contributed by atoms with van der Waals surface area (Å²) in [5.41, 5.74) is 0.464. The van der Waals surface area contributed by atoms with Gasteiger partial charge in [-0.3, -0.25) is 4.72 Å². The third-order valence-electron chi connectivity index (χ3n) is 2.73. The van der Waals surface area contributed by atoms with Crippen molar-refractivity contribution in [2.45, 2.75) is 18.7 Å². The summed E-state index contributed by atoms with van der Waals surface area (Å²) in [5.74, 6) is -1.29. The number of nitrogens with one attached hydrogen (secondary N) is 1. The second kappa shape index (κ2) is 5.63. The van der Waals surface area contributed by atoms with Crippen molar-refractivity contribution in [3.8, 4) is 0 Å². The van der Waals surface area contributed by atoms with Gasteiger partial charge >= 0.3 is 5.97 Å². The molecule has 9 heteroatoms. The zero-order valence-corrected chi connectivity index (χ0v) is 13.4. The van der Waals surface area contributed by atoms with Crippen LogP contribution in [-0.2, 0) is 10.0 Å². The lowest BCUT2D eigenvalue weighted by Gasteiger charge is -2.07. The molecule has 0 saturated heterocycles. The van der Waals surface area contributed by atoms with Crippen LogP contribution in [0.4, 0.5) is 5.13 Å². The number of hydrogen-bond donors (Lipinski definition) is 2. The van der Waals surface area contributed by atoms with Crippen LogP contribution in [0.1, 0.15) is 20.9 Å². The van der Waals surface area contributed by atoms with Crippen LogP contribution in [0.3, 0.4) is 0 Å². The lowest BCUT2D eigenvalue weighted by Crippen LogP contribution is -2.13. The number of carboxylic acids is 1. The molecule has 0 atom stereocenters. The first-order valence-corrected chi connectivity index (χ1v) is 8.38. The molecule has 0 aliphatic carbocycles. The van der Waals surface area contributed by atoms with E-state index < -0.39 is 16.0 Å². The second-order valence-corrected chi connectivity index (χ2v) is 7.51. The lowest BCUT2D eigenvalue weighted by molar-refractivity contribution is 0.0697. The summed E-state index contributed by atoms with van der Waals surface area (Å²) in [6.07, 6.45) is 0. The van der Waals surface area contributed by atoms with Gasteiger partial charge in [0, 0.05) is 4.88 Å². The zero-order valence-electron chi connectivity index (χ0n) is 11.0. The fourth-order valence-corrected chi connectivity index (χ4v) is 3.80. The van der Waals surface area contributed by atoms with E-state index in [1.54, 1.807) is 6.92 Å². The van der Waals surface area contributed by atoms with Crippen molar-refractivity contribution in [2.24, 2.45) is 0 Å². The third-order valence-corrected chi connectivity index (χ3v) is 5.51. The summed E-state index contributed by atoms with van der Waals surface area (Å²) in [5, 5.41) is 9.18. The minimum atomic E-state index is -3.91. The molecule has 0 saturated carbocycles. The highest BCUT2D eigenvalue weighted by Gasteiger charge is 2.20. The molecule has 21 heavy (non-hydrogen) atoms. The van der Waals surface area contributed by atoms with Gasteiger partial charge in [-0.15, -0.1) is 11.3 Å². The Kier molecular flexibility index (Phi) is 4.22. The number of halogens is 1. The number of anilines is 1. The Labute approximate surface area is 130 Å². The van der Waals surface area contributed by atoms with E-state index in [0.29, 0.717) is 0 Å². The minimum Gasteiger partial charge on any atom is -0.478 e. The van der Waals surface area contributed by atoms with Gasteiger partial charge in [0.2, 0.25) is 0 Å². The molecule has 0 fully saturated rings. The number of thiazole rings is 1. The predicted molar refractivity (Wildman–Crippen MR) is 80.8 cm³/mol. The summed E-state index contributed by atoms with van der Waals surface area (Å²) >= 11 is 6.93. The number of benzene rings is 1. The molecular formula is C12H11ClN2O4S2. The van der Waals surface area contributed by atoms with Crippen molar-refractivity contribution in [3.63, 3.8) is 0 Å². The molecule has 0 bridgehead atoms. The van der Waals surface area contributed by atoms with Gasteiger partial charge < -0.3 is 5.11 Å². The van der Waals surface area contributed by atoms with E-state index in [9.17, 15) is 13.2 Å². The molecule has 2 aromatic rings. The summed E-state index contributed by atoms with van der Waals surface area (Å²) in [4.78, 5) is 15.8. The molecule has 2 rings (SSSR count). The van der Waals surface area contributed by atoms with E-state index in [-0.39, 0.29) is 20.6 Å². The number of aromatic nitrogens is 1. The lowest BCUT2D eigenvalue weighted by atomic mass is 10.2. The van der Waals surface area contributed by atoms with Gasteiger partial charge in [0.15, 0.2) is 5.13 Å². The minimum absolute atomic E-state index is 0.0256. The first kappa shape index (κ1) is 15.7.